The van der Waals surface area contributed by atoms with Crippen LogP contribution in [0.25, 0.3) is 0 Å². The predicted molar refractivity (Wildman–Crippen MR) is 111 cm³/mol. The molecule has 4 nitrogen and oxygen atoms in total. The van der Waals surface area contributed by atoms with Gasteiger partial charge in [-0.25, -0.2) is 0 Å². The Morgan fingerprint density at radius 1 is 1.14 bits per heavy atom. The number of aliphatic hydroxyl groups is 2. The van der Waals surface area contributed by atoms with Crippen molar-refractivity contribution in [2.45, 2.75) is 83.3 Å². The fourth-order valence-corrected chi connectivity index (χ4v) is 7.65. The molecule has 0 amide bonds. The van der Waals surface area contributed by atoms with Gasteiger partial charge >= 0.3 is 0 Å². The lowest BCUT2D eigenvalue weighted by atomic mass is 9.46. The lowest BCUT2D eigenvalue weighted by Crippen LogP contribution is -2.57. The maximum absolute atomic E-state index is 13.1. The number of hydrogen-bond donors (Lipinski definition) is 2. The highest BCUT2D eigenvalue weighted by molar-refractivity contribution is 5.88. The number of carbonyl (C=O) groups is 1. The maximum atomic E-state index is 13.1. The number of fused-ring (bicyclic) bond motifs is 5. The van der Waals surface area contributed by atoms with Crippen molar-refractivity contribution >= 4 is 5.78 Å². The van der Waals surface area contributed by atoms with Crippen LogP contribution in [0.1, 0.15) is 71.6 Å². The molecule has 0 spiro atoms. The van der Waals surface area contributed by atoms with Gasteiger partial charge < -0.3 is 15.1 Å². The fourth-order valence-electron chi connectivity index (χ4n) is 7.65. The third-order valence-electron chi connectivity index (χ3n) is 9.48. The number of allylic oxidation sites excluding steroid dienone is 1. The molecule has 4 aliphatic rings. The van der Waals surface area contributed by atoms with Gasteiger partial charge in [0.2, 0.25) is 0 Å². The van der Waals surface area contributed by atoms with Gasteiger partial charge in [0.15, 0.2) is 5.78 Å². The summed E-state index contributed by atoms with van der Waals surface area (Å²) < 4.78 is 0. The number of nitrogens with zero attached hydrogens (tertiary/aromatic N) is 1. The van der Waals surface area contributed by atoms with E-state index >= 15 is 0 Å². The summed E-state index contributed by atoms with van der Waals surface area (Å²) in [5, 5.41) is 21.8. The molecule has 7 atom stereocenters. The van der Waals surface area contributed by atoms with Crippen molar-refractivity contribution in [3.05, 3.63) is 11.6 Å². The van der Waals surface area contributed by atoms with Crippen LogP contribution in [0.2, 0.25) is 0 Å². The third-order valence-corrected chi connectivity index (χ3v) is 9.48. The van der Waals surface area contributed by atoms with Gasteiger partial charge in [0.05, 0.1) is 6.10 Å². The van der Waals surface area contributed by atoms with Gasteiger partial charge in [0.1, 0.15) is 5.60 Å². The second-order valence-corrected chi connectivity index (χ2v) is 11.0. The Morgan fingerprint density at radius 3 is 2.57 bits per heavy atom. The zero-order valence-electron chi connectivity index (χ0n) is 18.2. The first-order chi connectivity index (χ1) is 13.1. The molecule has 158 valence electrons. The van der Waals surface area contributed by atoms with Crippen LogP contribution in [-0.2, 0) is 4.79 Å². The zero-order valence-corrected chi connectivity index (χ0v) is 18.2. The highest BCUT2D eigenvalue weighted by Crippen LogP contribution is 2.67. The van der Waals surface area contributed by atoms with E-state index in [4.69, 9.17) is 0 Å². The Morgan fingerprint density at radius 2 is 1.86 bits per heavy atom. The summed E-state index contributed by atoms with van der Waals surface area (Å²) in [5.74, 6) is 1.69. The molecule has 0 radical (unpaired) electrons. The molecule has 3 saturated carbocycles. The molecular formula is C24H39NO3. The zero-order chi connectivity index (χ0) is 20.3. The number of carbonyl (C=O) groups excluding carboxylic acids is 1. The minimum Gasteiger partial charge on any atom is -0.393 e. The summed E-state index contributed by atoms with van der Waals surface area (Å²) in [6.45, 7) is 5.34. The number of hydrogen-bond acceptors (Lipinski definition) is 4. The largest absolute Gasteiger partial charge is 0.393 e. The van der Waals surface area contributed by atoms with Crippen LogP contribution in [0.3, 0.4) is 0 Å². The van der Waals surface area contributed by atoms with Crippen LogP contribution in [0, 0.1) is 28.6 Å². The molecule has 0 aromatic rings. The van der Waals surface area contributed by atoms with Crippen molar-refractivity contribution in [1.29, 1.82) is 0 Å². The molecule has 4 aliphatic carbocycles. The lowest BCUT2D eigenvalue weighted by molar-refractivity contribution is -0.161. The van der Waals surface area contributed by atoms with E-state index in [2.05, 4.69) is 19.9 Å². The monoisotopic (exact) mass is 389 g/mol. The molecule has 0 bridgehead atoms. The molecule has 0 unspecified atom stereocenters. The Labute approximate surface area is 170 Å². The number of rotatable bonds is 4. The predicted octanol–water partition coefficient (Wildman–Crippen LogP) is 3.56. The van der Waals surface area contributed by atoms with Gasteiger partial charge in [0.25, 0.3) is 0 Å². The second kappa shape index (κ2) is 6.92. The minimum absolute atomic E-state index is 0.0590. The highest BCUT2D eigenvalue weighted by Gasteiger charge is 2.65. The highest BCUT2D eigenvalue weighted by atomic mass is 16.3. The van der Waals surface area contributed by atoms with Gasteiger partial charge in [-0.05, 0) is 88.6 Å². The van der Waals surface area contributed by atoms with E-state index in [-0.39, 0.29) is 22.7 Å². The first kappa shape index (κ1) is 20.6. The standard InChI is InChI=1S/C24H39NO3/c1-22-11-7-17(26)15-16(22)5-6-18-19(22)8-12-23(2)20(18)9-13-24(23,28)21(27)10-14-25(3)4/h5,17-20,26,28H,6-15H2,1-4H3/t17-,18+,19-,20-,22-,23-,24-/m0/s1. The van der Waals surface area contributed by atoms with E-state index in [0.717, 1.165) is 44.9 Å². The third kappa shape index (κ3) is 2.86. The van der Waals surface area contributed by atoms with Crippen LogP contribution in [0.5, 0.6) is 0 Å². The number of ketones is 1. The molecule has 0 aromatic carbocycles. The first-order valence-corrected chi connectivity index (χ1v) is 11.4. The van der Waals surface area contributed by atoms with E-state index in [0.29, 0.717) is 37.1 Å². The second-order valence-electron chi connectivity index (χ2n) is 11.0. The van der Waals surface area contributed by atoms with Crippen molar-refractivity contribution in [2.75, 3.05) is 20.6 Å². The Balaban J connectivity index is 1.59. The Bertz CT molecular complexity index is 673. The van der Waals surface area contributed by atoms with Gasteiger partial charge in [-0.1, -0.05) is 25.5 Å². The van der Waals surface area contributed by atoms with Gasteiger partial charge in [0, 0.05) is 18.4 Å². The molecule has 0 aliphatic heterocycles. The average Bonchev–Trinajstić information content (AvgIpc) is 2.92. The fraction of sp³-hybridized carbons (Fsp3) is 0.875. The summed E-state index contributed by atoms with van der Waals surface area (Å²) >= 11 is 0. The molecular weight excluding hydrogens is 350 g/mol. The summed E-state index contributed by atoms with van der Waals surface area (Å²) in [7, 11) is 3.96. The molecule has 0 saturated heterocycles. The van der Waals surface area contributed by atoms with Crippen molar-refractivity contribution in [1.82, 2.24) is 4.90 Å². The Kier molecular flexibility index (Phi) is 5.08. The number of Topliss-reactive ketones (excluding diaryl/α,β-unsaturated/α-hetero) is 1. The molecule has 2 N–H and O–H groups in total. The SMILES string of the molecule is CN(C)CCC(=O)[C@@]1(O)CC[C@H]2[C@@H]3CC=C4C[C@@H](O)CC[C@]4(C)[C@H]3CC[C@@]21C. The first-order valence-electron chi connectivity index (χ1n) is 11.4. The van der Waals surface area contributed by atoms with E-state index in [1.807, 2.05) is 19.0 Å². The Hall–Kier alpha value is -0.710. The van der Waals surface area contributed by atoms with Gasteiger partial charge in [-0.2, -0.15) is 0 Å². The smallest absolute Gasteiger partial charge is 0.166 e. The molecule has 0 heterocycles. The van der Waals surface area contributed by atoms with Crippen LogP contribution in [0.15, 0.2) is 11.6 Å². The van der Waals surface area contributed by atoms with Crippen LogP contribution >= 0.6 is 0 Å². The van der Waals surface area contributed by atoms with E-state index in [1.165, 1.54) is 5.57 Å². The maximum Gasteiger partial charge on any atom is 0.166 e. The molecule has 4 rings (SSSR count). The van der Waals surface area contributed by atoms with Gasteiger partial charge in [-0.15, -0.1) is 0 Å². The van der Waals surface area contributed by atoms with E-state index in [9.17, 15) is 15.0 Å². The lowest BCUT2D eigenvalue weighted by Gasteiger charge is -2.58. The van der Waals surface area contributed by atoms with Crippen LogP contribution in [0.4, 0.5) is 0 Å². The average molecular weight is 390 g/mol. The molecule has 28 heavy (non-hydrogen) atoms. The van der Waals surface area contributed by atoms with Crippen molar-refractivity contribution in [3.8, 4) is 0 Å². The molecule has 3 fully saturated rings. The quantitative estimate of drug-likeness (QED) is 0.722. The topological polar surface area (TPSA) is 60.8 Å². The van der Waals surface area contributed by atoms with Crippen LogP contribution < -0.4 is 0 Å². The van der Waals surface area contributed by atoms with Crippen molar-refractivity contribution in [3.63, 3.8) is 0 Å². The summed E-state index contributed by atoms with van der Waals surface area (Å²) in [6, 6.07) is 0. The van der Waals surface area contributed by atoms with Crippen LogP contribution in [-0.4, -0.2) is 53.2 Å². The van der Waals surface area contributed by atoms with Crippen molar-refractivity contribution < 1.29 is 15.0 Å². The molecule has 0 aromatic heterocycles. The minimum atomic E-state index is -1.15. The van der Waals surface area contributed by atoms with Crippen molar-refractivity contribution in [2.24, 2.45) is 28.6 Å². The molecule has 4 heteroatoms. The normalized spacial score (nSPS) is 47.9. The van der Waals surface area contributed by atoms with E-state index in [1.54, 1.807) is 0 Å². The number of aliphatic hydroxyl groups excluding tert-OH is 1. The summed E-state index contributed by atoms with van der Waals surface area (Å²) in [4.78, 5) is 15.1. The van der Waals surface area contributed by atoms with E-state index < -0.39 is 5.60 Å². The van der Waals surface area contributed by atoms with Gasteiger partial charge in [-0.3, -0.25) is 4.79 Å². The summed E-state index contributed by atoms with van der Waals surface area (Å²) in [6.07, 6.45) is 10.2. The summed E-state index contributed by atoms with van der Waals surface area (Å²) in [5.41, 5.74) is 0.255.